The Morgan fingerprint density at radius 2 is 1.95 bits per heavy atom. The molecule has 3 atom stereocenters. The number of hydroxylamine groups is 1. The molecule has 0 saturated carbocycles. The fourth-order valence-corrected chi connectivity index (χ4v) is 5.44. The van der Waals surface area contributed by atoms with Crippen LogP contribution in [-0.4, -0.2) is 84.9 Å². The first kappa shape index (κ1) is 26.9. The number of hydrogen-bond acceptors (Lipinski definition) is 11. The van der Waals surface area contributed by atoms with E-state index in [2.05, 4.69) is 20.7 Å². The third kappa shape index (κ3) is 4.69. The molecule has 2 aromatic rings. The molecule has 39 heavy (non-hydrogen) atoms. The van der Waals surface area contributed by atoms with Crippen molar-refractivity contribution in [2.75, 3.05) is 36.1 Å². The van der Waals surface area contributed by atoms with E-state index in [1.54, 1.807) is 4.90 Å². The molecule has 17 heteroatoms. The van der Waals surface area contributed by atoms with Gasteiger partial charge >= 0.3 is 17.8 Å². The van der Waals surface area contributed by atoms with Crippen LogP contribution in [0.5, 0.6) is 0 Å². The van der Waals surface area contributed by atoms with Gasteiger partial charge in [-0.25, -0.2) is 9.59 Å². The molecular weight excluding hydrogens is 525 g/mol. The summed E-state index contributed by atoms with van der Waals surface area (Å²) in [6.45, 7) is 5.31. The Labute approximate surface area is 220 Å². The van der Waals surface area contributed by atoms with Crippen LogP contribution in [0.25, 0.3) is 0 Å². The number of tetrazole rings is 1. The second-order valence-electron chi connectivity index (χ2n) is 10.1. The fraction of sp³-hybridized carbons (Fsp3) is 0.636. The van der Waals surface area contributed by atoms with Crippen LogP contribution < -0.4 is 26.5 Å². The predicted octanol–water partition coefficient (Wildman–Crippen LogP) is -0.691. The second-order valence-corrected chi connectivity index (χ2v) is 10.1. The second kappa shape index (κ2) is 9.78. The SMILES string of the molecule is CC(C)=CCN1c2c(n(C)c(=O)n(Cc3nnn(C)n3)c2=O)N(OC(=O)C(F)(F)F)C1N1CCC2CNCC21. The van der Waals surface area contributed by atoms with Crippen molar-refractivity contribution in [3.63, 3.8) is 0 Å². The molecule has 0 bridgehead atoms. The zero-order valence-corrected chi connectivity index (χ0v) is 21.8. The van der Waals surface area contributed by atoms with Gasteiger partial charge in [0.15, 0.2) is 23.6 Å². The Morgan fingerprint density at radius 3 is 2.59 bits per heavy atom. The molecule has 0 aromatic carbocycles. The summed E-state index contributed by atoms with van der Waals surface area (Å²) in [5.74, 6) is -2.36. The maximum absolute atomic E-state index is 13.9. The minimum Gasteiger partial charge on any atom is -0.327 e. The van der Waals surface area contributed by atoms with Crippen molar-refractivity contribution in [2.45, 2.75) is 45.3 Å². The van der Waals surface area contributed by atoms with Crippen LogP contribution in [0.4, 0.5) is 24.7 Å². The first-order chi connectivity index (χ1) is 18.4. The Hall–Kier alpha value is -3.73. The van der Waals surface area contributed by atoms with Crippen LogP contribution in [-0.2, 0) is 30.3 Å². The number of aryl methyl sites for hydroxylation is 1. The lowest BCUT2D eigenvalue weighted by Gasteiger charge is -2.39. The van der Waals surface area contributed by atoms with Gasteiger partial charge < -0.3 is 15.1 Å². The average Bonchev–Trinajstić information content (AvgIpc) is 3.62. The van der Waals surface area contributed by atoms with Gasteiger partial charge in [0, 0.05) is 32.7 Å². The highest BCUT2D eigenvalue weighted by Crippen LogP contribution is 2.42. The Kier molecular flexibility index (Phi) is 6.74. The topological polar surface area (TPSA) is 136 Å². The molecule has 5 rings (SSSR count). The van der Waals surface area contributed by atoms with Crippen LogP contribution >= 0.6 is 0 Å². The van der Waals surface area contributed by atoms with E-state index in [9.17, 15) is 27.6 Å². The van der Waals surface area contributed by atoms with Crippen molar-refractivity contribution < 1.29 is 22.8 Å². The number of rotatable bonds is 6. The molecule has 1 N–H and O–H groups in total. The van der Waals surface area contributed by atoms with Crippen LogP contribution in [0, 0.1) is 5.92 Å². The highest BCUT2D eigenvalue weighted by Gasteiger charge is 2.54. The molecule has 0 spiro atoms. The number of hydrogen-bond donors (Lipinski definition) is 1. The lowest BCUT2D eigenvalue weighted by molar-refractivity contribution is -0.203. The van der Waals surface area contributed by atoms with Crippen molar-refractivity contribution in [2.24, 2.45) is 20.0 Å². The predicted molar refractivity (Wildman–Crippen MR) is 131 cm³/mol. The van der Waals surface area contributed by atoms with Crippen LogP contribution in [0.1, 0.15) is 26.1 Å². The number of carbonyl (C=O) groups is 1. The zero-order valence-electron chi connectivity index (χ0n) is 21.8. The summed E-state index contributed by atoms with van der Waals surface area (Å²) in [7, 11) is 2.83. The summed E-state index contributed by atoms with van der Waals surface area (Å²) in [5, 5.41) is 15.6. The molecule has 3 aliphatic heterocycles. The Bertz CT molecular complexity index is 1430. The van der Waals surface area contributed by atoms with Gasteiger partial charge in [0.1, 0.15) is 0 Å². The molecule has 212 valence electrons. The normalized spacial score (nSPS) is 22.8. The minimum atomic E-state index is -5.30. The molecule has 14 nitrogen and oxygen atoms in total. The number of halogens is 3. The van der Waals surface area contributed by atoms with Gasteiger partial charge in [-0.15, -0.1) is 15.3 Å². The fourth-order valence-electron chi connectivity index (χ4n) is 5.44. The number of aromatic nitrogens is 6. The lowest BCUT2D eigenvalue weighted by atomic mass is 10.1. The third-order valence-corrected chi connectivity index (χ3v) is 7.22. The smallest absolute Gasteiger partial charge is 0.327 e. The number of allylic oxidation sites excluding steroid dienone is 1. The summed E-state index contributed by atoms with van der Waals surface area (Å²) in [6, 6.07) is -0.0753. The highest BCUT2D eigenvalue weighted by atomic mass is 19.4. The molecule has 0 amide bonds. The number of fused-ring (bicyclic) bond motifs is 2. The van der Waals surface area contributed by atoms with Gasteiger partial charge in [-0.1, -0.05) is 11.6 Å². The summed E-state index contributed by atoms with van der Waals surface area (Å²) < 4.78 is 42.1. The molecule has 3 unspecified atom stereocenters. The number of carbonyl (C=O) groups excluding carboxylic acids is 1. The van der Waals surface area contributed by atoms with E-state index in [1.807, 2.05) is 24.8 Å². The van der Waals surface area contributed by atoms with Gasteiger partial charge in [-0.05, 0) is 37.9 Å². The molecular formula is C22H29F3N10O4. The van der Waals surface area contributed by atoms with E-state index < -0.39 is 29.7 Å². The summed E-state index contributed by atoms with van der Waals surface area (Å²) in [6.07, 6.45) is -3.82. The first-order valence-electron chi connectivity index (χ1n) is 12.4. The van der Waals surface area contributed by atoms with Crippen LogP contribution in [0.3, 0.4) is 0 Å². The molecule has 3 aliphatic rings. The monoisotopic (exact) mass is 554 g/mol. The molecule has 0 aliphatic carbocycles. The van der Waals surface area contributed by atoms with Crippen LogP contribution in [0.15, 0.2) is 21.2 Å². The largest absolute Gasteiger partial charge is 0.493 e. The maximum Gasteiger partial charge on any atom is 0.493 e. The van der Waals surface area contributed by atoms with Crippen molar-refractivity contribution >= 4 is 17.5 Å². The van der Waals surface area contributed by atoms with Crippen LogP contribution in [0.2, 0.25) is 0 Å². The Morgan fingerprint density at radius 1 is 1.21 bits per heavy atom. The summed E-state index contributed by atoms with van der Waals surface area (Å²) in [5.41, 5.74) is -0.799. The van der Waals surface area contributed by atoms with Gasteiger partial charge in [0.2, 0.25) is 0 Å². The van der Waals surface area contributed by atoms with Crippen molar-refractivity contribution in [1.82, 2.24) is 39.6 Å². The minimum absolute atomic E-state index is 0.0753. The van der Waals surface area contributed by atoms with Crippen molar-refractivity contribution in [3.05, 3.63) is 38.3 Å². The highest BCUT2D eigenvalue weighted by molar-refractivity contribution is 5.80. The average molecular weight is 555 g/mol. The number of nitrogens with zero attached hydrogens (tertiary/aromatic N) is 9. The number of likely N-dealkylation sites (tertiary alicyclic amines) is 1. The molecule has 0 radical (unpaired) electrons. The number of anilines is 2. The molecule has 2 fully saturated rings. The molecule has 2 saturated heterocycles. The van der Waals surface area contributed by atoms with Gasteiger partial charge in [0.05, 0.1) is 13.6 Å². The van der Waals surface area contributed by atoms with Crippen molar-refractivity contribution in [3.8, 4) is 0 Å². The molecule has 2 aromatic heterocycles. The van der Waals surface area contributed by atoms with Gasteiger partial charge in [0.25, 0.3) is 5.56 Å². The first-order valence-corrected chi connectivity index (χ1v) is 12.4. The Balaban J connectivity index is 1.70. The van der Waals surface area contributed by atoms with Gasteiger partial charge in [-0.3, -0.25) is 18.8 Å². The van der Waals surface area contributed by atoms with E-state index in [-0.39, 0.29) is 42.4 Å². The van der Waals surface area contributed by atoms with E-state index in [1.165, 1.54) is 18.9 Å². The van der Waals surface area contributed by atoms with E-state index in [4.69, 9.17) is 4.84 Å². The maximum atomic E-state index is 13.9. The van der Waals surface area contributed by atoms with E-state index in [0.717, 1.165) is 32.7 Å². The number of nitrogens with one attached hydrogen (secondary N) is 1. The van der Waals surface area contributed by atoms with Gasteiger partial charge in [-0.2, -0.15) is 18.0 Å². The van der Waals surface area contributed by atoms with Crippen molar-refractivity contribution in [1.29, 1.82) is 0 Å². The number of alkyl halides is 3. The quantitative estimate of drug-likeness (QED) is 0.455. The van der Waals surface area contributed by atoms with E-state index in [0.29, 0.717) is 13.1 Å². The standard InChI is InChI=1S/C22H29F3N10O4/c1-12(2)5-7-33-16-17(30(3)21(38)34(18(16)36)11-15-27-29-31(4)28-15)35(39-19(37)22(23,24)25)20(33)32-8-6-13-9-26-10-14(13)32/h5,13-14,20,26H,6-11H2,1-4H3. The molecule has 5 heterocycles. The summed E-state index contributed by atoms with van der Waals surface area (Å²) >= 11 is 0. The third-order valence-electron chi connectivity index (χ3n) is 7.22. The zero-order chi connectivity index (χ0) is 28.2. The lowest BCUT2D eigenvalue weighted by Crippen LogP contribution is -2.59. The van der Waals surface area contributed by atoms with E-state index >= 15 is 0 Å². The summed E-state index contributed by atoms with van der Waals surface area (Å²) in [4.78, 5) is 49.0.